The predicted molar refractivity (Wildman–Crippen MR) is 40.4 cm³/mol. The zero-order valence-corrected chi connectivity index (χ0v) is 6.38. The van der Waals surface area contributed by atoms with E-state index in [1.807, 2.05) is 0 Å². The van der Waals surface area contributed by atoms with Crippen LogP contribution in [-0.4, -0.2) is 23.8 Å². The van der Waals surface area contributed by atoms with Crippen LogP contribution in [0.1, 0.15) is 19.3 Å². The summed E-state index contributed by atoms with van der Waals surface area (Å²) >= 11 is 0. The number of carbonyl (C=O) groups is 1. The van der Waals surface area contributed by atoms with Crippen molar-refractivity contribution in [2.45, 2.75) is 25.4 Å². The molecular weight excluding hydrogens is 144 g/mol. The summed E-state index contributed by atoms with van der Waals surface area (Å²) in [4.78, 5) is 10.2. The van der Waals surface area contributed by atoms with E-state index >= 15 is 0 Å². The summed E-state index contributed by atoms with van der Waals surface area (Å²) in [6.07, 6.45) is 1.72. The van der Waals surface area contributed by atoms with E-state index in [1.54, 1.807) is 0 Å². The van der Waals surface area contributed by atoms with E-state index in [2.05, 4.69) is 6.58 Å². The number of hydrogen-bond donors (Lipinski definition) is 1. The van der Waals surface area contributed by atoms with Crippen LogP contribution in [0.15, 0.2) is 12.2 Å². The third kappa shape index (κ3) is 2.72. The van der Waals surface area contributed by atoms with Gasteiger partial charge in [-0.1, -0.05) is 6.58 Å². The van der Waals surface area contributed by atoms with Crippen molar-refractivity contribution in [3.8, 4) is 0 Å². The molecule has 1 atom stereocenters. The van der Waals surface area contributed by atoms with Crippen molar-refractivity contribution < 1.29 is 14.6 Å². The molecule has 0 aromatic heterocycles. The first kappa shape index (κ1) is 8.27. The molecule has 1 unspecified atom stereocenters. The summed E-state index contributed by atoms with van der Waals surface area (Å²) in [5, 5.41) is 8.36. The van der Waals surface area contributed by atoms with Crippen LogP contribution in [0.4, 0.5) is 0 Å². The molecule has 1 saturated heterocycles. The van der Waals surface area contributed by atoms with Gasteiger partial charge in [-0.2, -0.15) is 0 Å². The van der Waals surface area contributed by atoms with Crippen molar-refractivity contribution in [2.24, 2.45) is 0 Å². The Morgan fingerprint density at radius 2 is 2.55 bits per heavy atom. The highest BCUT2D eigenvalue weighted by atomic mass is 16.5. The van der Waals surface area contributed by atoms with Crippen LogP contribution in [-0.2, 0) is 9.53 Å². The summed E-state index contributed by atoms with van der Waals surface area (Å²) in [5.41, 5.74) is 1.07. The van der Waals surface area contributed by atoms with Crippen molar-refractivity contribution in [2.75, 3.05) is 6.61 Å². The minimum absolute atomic E-state index is 0.0959. The second-order valence-electron chi connectivity index (χ2n) is 2.82. The standard InChI is InChI=1S/C8H12O3/c1-6-4-7(11-5-6)2-3-8(9)10/h7H,1-5H2,(H,9,10). The van der Waals surface area contributed by atoms with Gasteiger partial charge in [-0.3, -0.25) is 4.79 Å². The van der Waals surface area contributed by atoms with E-state index in [1.165, 1.54) is 0 Å². The third-order valence-electron chi connectivity index (χ3n) is 1.72. The first-order valence-corrected chi connectivity index (χ1v) is 3.68. The van der Waals surface area contributed by atoms with Gasteiger partial charge in [0.05, 0.1) is 12.7 Å². The van der Waals surface area contributed by atoms with E-state index in [9.17, 15) is 4.79 Å². The van der Waals surface area contributed by atoms with Crippen molar-refractivity contribution in [3.05, 3.63) is 12.2 Å². The van der Waals surface area contributed by atoms with Crippen LogP contribution in [0, 0.1) is 0 Å². The molecule has 62 valence electrons. The molecule has 1 aliphatic heterocycles. The van der Waals surface area contributed by atoms with Crippen molar-refractivity contribution in [1.29, 1.82) is 0 Å². The summed E-state index contributed by atoms with van der Waals surface area (Å²) < 4.78 is 5.25. The number of carboxylic acids is 1. The van der Waals surface area contributed by atoms with Crippen molar-refractivity contribution in [1.82, 2.24) is 0 Å². The molecule has 0 aliphatic carbocycles. The molecule has 0 saturated carbocycles. The average Bonchev–Trinajstić information content (AvgIpc) is 2.31. The fraction of sp³-hybridized carbons (Fsp3) is 0.625. The Balaban J connectivity index is 2.18. The van der Waals surface area contributed by atoms with Crippen LogP contribution < -0.4 is 0 Å². The van der Waals surface area contributed by atoms with Crippen molar-refractivity contribution in [3.63, 3.8) is 0 Å². The third-order valence-corrected chi connectivity index (χ3v) is 1.72. The number of hydrogen-bond acceptors (Lipinski definition) is 2. The van der Waals surface area contributed by atoms with E-state index in [4.69, 9.17) is 9.84 Å². The Labute approximate surface area is 65.7 Å². The highest BCUT2D eigenvalue weighted by Gasteiger charge is 2.18. The zero-order chi connectivity index (χ0) is 8.27. The van der Waals surface area contributed by atoms with Crippen LogP contribution in [0.3, 0.4) is 0 Å². The zero-order valence-electron chi connectivity index (χ0n) is 6.38. The molecule has 1 N–H and O–H groups in total. The largest absolute Gasteiger partial charge is 0.481 e. The van der Waals surface area contributed by atoms with Gasteiger partial charge in [-0.05, 0) is 18.4 Å². The van der Waals surface area contributed by atoms with Crippen LogP contribution in [0.25, 0.3) is 0 Å². The molecule has 0 aromatic carbocycles. The summed E-state index contributed by atoms with van der Waals surface area (Å²) in [6, 6.07) is 0. The molecule has 0 amide bonds. The maximum absolute atomic E-state index is 10.2. The predicted octanol–water partition coefficient (Wildman–Crippen LogP) is 1.20. The maximum Gasteiger partial charge on any atom is 0.303 e. The molecule has 1 aliphatic rings. The lowest BCUT2D eigenvalue weighted by Gasteiger charge is -2.04. The fourth-order valence-electron chi connectivity index (χ4n) is 1.15. The Morgan fingerprint density at radius 1 is 1.82 bits per heavy atom. The van der Waals surface area contributed by atoms with Gasteiger partial charge >= 0.3 is 5.97 Å². The SMILES string of the molecule is C=C1COC(CCC(=O)O)C1. The van der Waals surface area contributed by atoms with Gasteiger partial charge in [-0.25, -0.2) is 0 Å². The smallest absolute Gasteiger partial charge is 0.303 e. The van der Waals surface area contributed by atoms with Crippen LogP contribution >= 0.6 is 0 Å². The molecule has 1 heterocycles. The lowest BCUT2D eigenvalue weighted by Crippen LogP contribution is -2.07. The molecule has 3 heteroatoms. The minimum atomic E-state index is -0.758. The highest BCUT2D eigenvalue weighted by molar-refractivity contribution is 5.66. The maximum atomic E-state index is 10.2. The number of aliphatic carboxylic acids is 1. The van der Waals surface area contributed by atoms with Gasteiger partial charge in [0, 0.05) is 6.42 Å². The normalized spacial score (nSPS) is 24.0. The second-order valence-corrected chi connectivity index (χ2v) is 2.82. The van der Waals surface area contributed by atoms with Gasteiger partial charge in [0.1, 0.15) is 0 Å². The monoisotopic (exact) mass is 156 g/mol. The molecule has 0 bridgehead atoms. The Kier molecular flexibility index (Phi) is 2.65. The quantitative estimate of drug-likeness (QED) is 0.624. The molecule has 3 nitrogen and oxygen atoms in total. The van der Waals surface area contributed by atoms with Gasteiger partial charge in [0.15, 0.2) is 0 Å². The minimum Gasteiger partial charge on any atom is -0.481 e. The number of carboxylic acid groups (broad SMARTS) is 1. The molecule has 0 radical (unpaired) electrons. The van der Waals surface area contributed by atoms with Gasteiger partial charge in [0.25, 0.3) is 0 Å². The number of ether oxygens (including phenoxy) is 1. The van der Waals surface area contributed by atoms with E-state index < -0.39 is 5.97 Å². The molecule has 1 fully saturated rings. The van der Waals surface area contributed by atoms with Crippen LogP contribution in [0.5, 0.6) is 0 Å². The van der Waals surface area contributed by atoms with Gasteiger partial charge < -0.3 is 9.84 Å². The van der Waals surface area contributed by atoms with E-state index in [0.717, 1.165) is 12.0 Å². The summed E-state index contributed by atoms with van der Waals surface area (Å²) in [6.45, 7) is 4.36. The van der Waals surface area contributed by atoms with E-state index in [0.29, 0.717) is 13.0 Å². The van der Waals surface area contributed by atoms with E-state index in [-0.39, 0.29) is 12.5 Å². The Bertz CT molecular complexity index is 174. The first-order valence-electron chi connectivity index (χ1n) is 3.68. The molecule has 1 rings (SSSR count). The Morgan fingerprint density at radius 3 is 3.00 bits per heavy atom. The molecule has 11 heavy (non-hydrogen) atoms. The topological polar surface area (TPSA) is 46.5 Å². The van der Waals surface area contributed by atoms with Crippen LogP contribution in [0.2, 0.25) is 0 Å². The average molecular weight is 156 g/mol. The second kappa shape index (κ2) is 3.53. The van der Waals surface area contributed by atoms with Gasteiger partial charge in [-0.15, -0.1) is 0 Å². The first-order chi connectivity index (χ1) is 5.18. The summed E-state index contributed by atoms with van der Waals surface area (Å²) in [7, 11) is 0. The van der Waals surface area contributed by atoms with Crippen molar-refractivity contribution >= 4 is 5.97 Å². The fourth-order valence-corrected chi connectivity index (χ4v) is 1.15. The molecule has 0 spiro atoms. The lowest BCUT2D eigenvalue weighted by molar-refractivity contribution is -0.137. The Hall–Kier alpha value is -0.830. The number of rotatable bonds is 3. The van der Waals surface area contributed by atoms with Gasteiger partial charge in [0.2, 0.25) is 0 Å². The molecule has 0 aromatic rings. The lowest BCUT2D eigenvalue weighted by atomic mass is 10.1. The molecular formula is C8H12O3. The highest BCUT2D eigenvalue weighted by Crippen LogP contribution is 2.20. The summed E-state index contributed by atoms with van der Waals surface area (Å²) in [5.74, 6) is -0.758.